The summed E-state index contributed by atoms with van der Waals surface area (Å²) in [5, 5.41) is 2.16. The Kier molecular flexibility index (Phi) is 3.55. The molecule has 2 aliphatic heterocycles. The molecule has 0 radical (unpaired) electrons. The van der Waals surface area contributed by atoms with Crippen molar-refractivity contribution in [2.75, 3.05) is 19.6 Å². The minimum atomic E-state index is -0.914. The van der Waals surface area contributed by atoms with E-state index < -0.39 is 29.3 Å². The monoisotopic (exact) mass is 260 g/mol. The summed E-state index contributed by atoms with van der Waals surface area (Å²) in [7, 11) is 0. The van der Waals surface area contributed by atoms with E-state index in [4.69, 9.17) is 13.1 Å². The summed E-state index contributed by atoms with van der Waals surface area (Å²) in [6, 6.07) is -1.83. The van der Waals surface area contributed by atoms with Gasteiger partial charge in [0.15, 0.2) is 0 Å². The van der Waals surface area contributed by atoms with Gasteiger partial charge < -0.3 is 14.6 Å². The summed E-state index contributed by atoms with van der Waals surface area (Å²) >= 11 is 0. The first-order valence-electron chi connectivity index (χ1n) is 6.39. The second kappa shape index (κ2) is 4.99. The van der Waals surface area contributed by atoms with Gasteiger partial charge >= 0.3 is 23.9 Å². The molecule has 2 amide bonds. The van der Waals surface area contributed by atoms with Gasteiger partial charge in [0.1, 0.15) is 5.41 Å². The van der Waals surface area contributed by atoms with Gasteiger partial charge in [-0.15, -0.1) is 0 Å². The minimum Gasteiger partial charge on any atom is -0.304 e. The molecule has 100 valence electrons. The summed E-state index contributed by atoms with van der Waals surface area (Å²) in [6.45, 7) is 18.9. The smallest absolute Gasteiger partial charge is 0.304 e. The first-order chi connectivity index (χ1) is 9.08. The average Bonchev–Trinajstić information content (AvgIpc) is 2.40. The van der Waals surface area contributed by atoms with Gasteiger partial charge in [-0.05, 0) is 32.5 Å². The van der Waals surface area contributed by atoms with Crippen molar-refractivity contribution in [3.05, 3.63) is 22.8 Å². The van der Waals surface area contributed by atoms with E-state index >= 15 is 0 Å². The molecule has 2 unspecified atom stereocenters. The average molecular weight is 260 g/mol. The Bertz CT molecular complexity index is 446. The van der Waals surface area contributed by atoms with Crippen LogP contribution in [0.4, 0.5) is 0 Å². The van der Waals surface area contributed by atoms with E-state index in [1.165, 1.54) is 0 Å². The molecule has 2 saturated heterocycles. The number of carbonyl (C=O) groups excluding carboxylic acids is 2. The molecule has 2 fully saturated rings. The minimum absolute atomic E-state index is 0.537. The van der Waals surface area contributed by atoms with E-state index in [0.29, 0.717) is 12.8 Å². The van der Waals surface area contributed by atoms with Gasteiger partial charge in [0, 0.05) is 0 Å². The molecule has 0 aromatic carbocycles. The van der Waals surface area contributed by atoms with E-state index in [9.17, 15) is 9.59 Å². The van der Waals surface area contributed by atoms with Crippen molar-refractivity contribution in [2.45, 2.75) is 31.8 Å². The van der Waals surface area contributed by atoms with Gasteiger partial charge in [0.05, 0.1) is 0 Å². The van der Waals surface area contributed by atoms with Crippen LogP contribution in [0.5, 0.6) is 0 Å². The highest BCUT2D eigenvalue weighted by atomic mass is 16.2. The number of hydrogen-bond acceptors (Lipinski definition) is 3. The lowest BCUT2D eigenvalue weighted by atomic mass is 9.65. The summed E-state index contributed by atoms with van der Waals surface area (Å²) in [5.74, 6) is -1.07. The fraction of sp³-hybridized carbons (Fsp3) is 0.692. The molecule has 0 aromatic rings. The van der Waals surface area contributed by atoms with Crippen LogP contribution in [-0.2, 0) is 9.59 Å². The van der Waals surface area contributed by atoms with Crippen LogP contribution in [0.15, 0.2) is 0 Å². The van der Waals surface area contributed by atoms with E-state index in [0.717, 1.165) is 19.6 Å². The van der Waals surface area contributed by atoms with E-state index in [-0.39, 0.29) is 0 Å². The lowest BCUT2D eigenvalue weighted by Gasteiger charge is -2.42. The second-order valence-corrected chi connectivity index (χ2v) is 5.08. The molecule has 1 spiro atoms. The molecule has 0 aromatic heterocycles. The van der Waals surface area contributed by atoms with Gasteiger partial charge in [-0.25, -0.2) is 13.1 Å². The highest BCUT2D eigenvalue weighted by Crippen LogP contribution is 2.43. The SMILES string of the molecule is [C-]#[N+]C1C(=O)NC(=O)C([N+]#[C-])C12CCN(CC)CC2. The Balaban J connectivity index is 2.37. The Morgan fingerprint density at radius 1 is 1.21 bits per heavy atom. The van der Waals surface area contributed by atoms with E-state index in [1.807, 2.05) is 0 Å². The maximum Gasteiger partial charge on any atom is 0.314 e. The molecule has 2 heterocycles. The van der Waals surface area contributed by atoms with Crippen molar-refractivity contribution in [1.82, 2.24) is 10.2 Å². The zero-order chi connectivity index (χ0) is 14.0. The van der Waals surface area contributed by atoms with Crippen LogP contribution in [0.1, 0.15) is 19.8 Å². The first-order valence-corrected chi connectivity index (χ1v) is 6.39. The Labute approximate surface area is 112 Å². The molecule has 2 aliphatic rings. The third-order valence-electron chi connectivity index (χ3n) is 4.32. The summed E-state index contributed by atoms with van der Waals surface area (Å²) in [5.41, 5.74) is -0.797. The molecule has 0 bridgehead atoms. The predicted octanol–water partition coefficient (Wildman–Crippen LogP) is 0.321. The Morgan fingerprint density at radius 3 is 2.05 bits per heavy atom. The van der Waals surface area contributed by atoms with Crippen molar-refractivity contribution in [1.29, 1.82) is 0 Å². The number of piperidine rings is 2. The second-order valence-electron chi connectivity index (χ2n) is 5.08. The van der Waals surface area contributed by atoms with Gasteiger partial charge in [0.2, 0.25) is 0 Å². The van der Waals surface area contributed by atoms with Gasteiger partial charge in [-0.1, -0.05) is 6.92 Å². The van der Waals surface area contributed by atoms with Crippen molar-refractivity contribution in [3.8, 4) is 0 Å². The zero-order valence-corrected chi connectivity index (χ0v) is 10.8. The topological polar surface area (TPSA) is 58.1 Å². The number of imide groups is 1. The molecular formula is C13H16N4O2. The number of nitrogens with zero attached hydrogens (tertiary/aromatic N) is 3. The predicted molar refractivity (Wildman–Crippen MR) is 67.7 cm³/mol. The summed E-state index contributed by atoms with van der Waals surface area (Å²) < 4.78 is 0. The largest absolute Gasteiger partial charge is 0.314 e. The van der Waals surface area contributed by atoms with Crippen LogP contribution in [0.25, 0.3) is 9.69 Å². The number of carbonyl (C=O) groups is 2. The van der Waals surface area contributed by atoms with E-state index in [1.54, 1.807) is 0 Å². The number of rotatable bonds is 1. The van der Waals surface area contributed by atoms with Crippen molar-refractivity contribution in [3.63, 3.8) is 0 Å². The van der Waals surface area contributed by atoms with Crippen molar-refractivity contribution < 1.29 is 9.59 Å². The molecule has 2 rings (SSSR count). The van der Waals surface area contributed by atoms with Crippen molar-refractivity contribution in [2.24, 2.45) is 5.41 Å². The van der Waals surface area contributed by atoms with Crippen LogP contribution in [0.2, 0.25) is 0 Å². The van der Waals surface area contributed by atoms with E-state index in [2.05, 4.69) is 26.8 Å². The van der Waals surface area contributed by atoms with Gasteiger partial charge in [0.25, 0.3) is 0 Å². The zero-order valence-electron chi connectivity index (χ0n) is 10.8. The van der Waals surface area contributed by atoms with Crippen LogP contribution in [0, 0.1) is 18.6 Å². The summed E-state index contributed by atoms with van der Waals surface area (Å²) in [4.78, 5) is 32.8. The lowest BCUT2D eigenvalue weighted by Crippen LogP contribution is -2.64. The van der Waals surface area contributed by atoms with Gasteiger partial charge in [-0.3, -0.25) is 14.9 Å². The Morgan fingerprint density at radius 2 is 1.68 bits per heavy atom. The van der Waals surface area contributed by atoms with Crippen LogP contribution in [0.3, 0.4) is 0 Å². The third kappa shape index (κ3) is 1.98. The normalized spacial score (nSPS) is 30.5. The van der Waals surface area contributed by atoms with Crippen LogP contribution in [-0.4, -0.2) is 48.4 Å². The number of hydrogen-bond donors (Lipinski definition) is 1. The lowest BCUT2D eigenvalue weighted by molar-refractivity contribution is -0.140. The molecule has 0 aliphatic carbocycles. The van der Waals surface area contributed by atoms with Crippen LogP contribution >= 0.6 is 0 Å². The Hall–Kier alpha value is -1.92. The van der Waals surface area contributed by atoms with Crippen molar-refractivity contribution >= 4 is 11.8 Å². The maximum absolute atomic E-state index is 11.9. The number of amides is 2. The van der Waals surface area contributed by atoms with Gasteiger partial charge in [-0.2, -0.15) is 0 Å². The third-order valence-corrected chi connectivity index (χ3v) is 4.32. The molecule has 6 nitrogen and oxygen atoms in total. The molecule has 0 saturated carbocycles. The highest BCUT2D eigenvalue weighted by Gasteiger charge is 2.65. The molecule has 6 heteroatoms. The molecular weight excluding hydrogens is 244 g/mol. The number of likely N-dealkylation sites (tertiary alicyclic amines) is 1. The first kappa shape index (κ1) is 13.5. The molecule has 2 atom stereocenters. The molecule has 19 heavy (non-hydrogen) atoms. The quantitative estimate of drug-likeness (QED) is 0.545. The number of nitrogens with one attached hydrogen (secondary N) is 1. The fourth-order valence-electron chi connectivity index (χ4n) is 3.14. The fourth-order valence-corrected chi connectivity index (χ4v) is 3.14. The summed E-state index contributed by atoms with van der Waals surface area (Å²) in [6.07, 6.45) is 1.11. The van der Waals surface area contributed by atoms with Crippen LogP contribution < -0.4 is 5.32 Å². The maximum atomic E-state index is 11.9. The molecule has 1 N–H and O–H groups in total. The highest BCUT2D eigenvalue weighted by molar-refractivity contribution is 6.05. The standard InChI is InChI=1S/C13H16N4O2/c1-4-17-7-5-13(6-8-17)9(14-2)11(18)16-12(19)10(13)15-3/h9-10H,4-8H2,1H3,(H,16,18,19).